The number of hydrogen-bond acceptors (Lipinski definition) is 0. The van der Waals surface area contributed by atoms with Crippen LogP contribution in [-0.2, 0) is 0 Å². The van der Waals surface area contributed by atoms with Gasteiger partial charge in [-0.15, -0.1) is 0 Å². The van der Waals surface area contributed by atoms with Gasteiger partial charge < -0.3 is 0 Å². The van der Waals surface area contributed by atoms with Crippen molar-refractivity contribution < 1.29 is 6.85 Å². The number of hydrogen-bond donors (Lipinski definition) is 0. The van der Waals surface area contributed by atoms with Crippen LogP contribution in [-0.4, -0.2) is 18.8 Å². The quantitative estimate of drug-likeness (QED) is 0.428. The van der Waals surface area contributed by atoms with E-state index in [4.69, 9.17) is 6.85 Å². The Kier molecular flexibility index (Phi) is 3.31. The molecule has 0 aliphatic heterocycles. The molecule has 0 saturated carbocycles. The van der Waals surface area contributed by atoms with Crippen molar-refractivity contribution in [3.8, 4) is 0 Å². The third-order valence-electron chi connectivity index (χ3n) is 4.25. The summed E-state index contributed by atoms with van der Waals surface area (Å²) in [6.07, 6.45) is 0. The molecular weight excluding hydrogens is 410 g/mol. The third-order valence-corrected chi connectivity index (χ3v) is 16.0. The minimum absolute atomic E-state index is 0.108. The summed E-state index contributed by atoms with van der Waals surface area (Å²) in [5, 5.41) is 0. The molecule has 4 rings (SSSR count). The second-order valence-electron chi connectivity index (χ2n) is 5.65. The Morgan fingerprint density at radius 3 is 1.16 bits per heavy atom. The van der Waals surface area contributed by atoms with Gasteiger partial charge in [-0.25, -0.2) is 0 Å². The first kappa shape index (κ1) is 11.3. The topological polar surface area (TPSA) is 0 Å². The van der Waals surface area contributed by atoms with E-state index in [0.717, 1.165) is 10.5 Å². The Hall–Kier alpha value is -2.30. The van der Waals surface area contributed by atoms with Gasteiger partial charge in [-0.05, 0) is 0 Å². The molecule has 120 valence electrons. The molecule has 0 fully saturated rings. The molecule has 0 aliphatic rings. The molecule has 0 amide bonds. The summed E-state index contributed by atoms with van der Waals surface area (Å²) in [5.41, 5.74) is 0. The van der Waals surface area contributed by atoms with E-state index >= 15 is 0 Å². The van der Waals surface area contributed by atoms with E-state index in [0.29, 0.717) is 3.51 Å². The molecule has 4 aromatic carbocycles. The SMILES string of the molecule is [3H]c1c([3H])c([3H])[c]([Sb+]([c]2ccccc2)([c]2ccccc2)[c]2ccccc2)c([3H])c1[3H]. The normalized spacial score (nSPS) is 14.0. The Morgan fingerprint density at radius 1 is 0.440 bits per heavy atom. The van der Waals surface area contributed by atoms with Crippen LogP contribution < -0.4 is 14.0 Å². The first-order valence-electron chi connectivity index (χ1n) is 10.6. The van der Waals surface area contributed by atoms with E-state index in [1.807, 2.05) is 91.0 Å². The molecule has 0 nitrogen and oxygen atoms in total. The van der Waals surface area contributed by atoms with Crippen LogP contribution in [0.25, 0.3) is 0 Å². The predicted molar refractivity (Wildman–Crippen MR) is 110 cm³/mol. The van der Waals surface area contributed by atoms with Crippen molar-refractivity contribution in [2.45, 2.75) is 0 Å². The standard InChI is InChI=1S/4C6H5.Sb/c4*1-2-4-6-5-3-1;/h4*1-5H;/q;;;;+1/i1T,2T,3T,4T,5T;;;;. The zero-order valence-corrected chi connectivity index (χ0v) is 16.2. The van der Waals surface area contributed by atoms with Crippen molar-refractivity contribution in [2.75, 3.05) is 0 Å². The van der Waals surface area contributed by atoms with E-state index in [-0.39, 0.29) is 30.2 Å². The van der Waals surface area contributed by atoms with Crippen molar-refractivity contribution in [2.24, 2.45) is 0 Å². The molecule has 4 aromatic rings. The maximum absolute atomic E-state index is 8.82. The fourth-order valence-corrected chi connectivity index (χ4v) is 14.5. The van der Waals surface area contributed by atoms with E-state index in [9.17, 15) is 0 Å². The van der Waals surface area contributed by atoms with Gasteiger partial charge in [0.15, 0.2) is 0 Å². The van der Waals surface area contributed by atoms with Gasteiger partial charge in [0, 0.05) is 0 Å². The molecule has 1 heteroatoms. The number of rotatable bonds is 4. The average Bonchev–Trinajstić information content (AvgIpc) is 2.81. The summed E-state index contributed by atoms with van der Waals surface area (Å²) >= 11 is -4.10. The van der Waals surface area contributed by atoms with E-state index in [1.165, 1.54) is 0 Å². The van der Waals surface area contributed by atoms with Gasteiger partial charge in [-0.3, -0.25) is 0 Å². The average molecular weight is 440 g/mol. The van der Waals surface area contributed by atoms with E-state index < -0.39 is 18.8 Å². The fraction of sp³-hybridized carbons (Fsp3) is 0. The molecule has 0 atom stereocenters. The van der Waals surface area contributed by atoms with Crippen molar-refractivity contribution >= 4 is 32.8 Å². The van der Waals surface area contributed by atoms with Crippen molar-refractivity contribution in [3.05, 3.63) is 121 Å². The summed E-state index contributed by atoms with van der Waals surface area (Å²) in [6, 6.07) is 28.6. The van der Waals surface area contributed by atoms with Crippen molar-refractivity contribution in [1.82, 2.24) is 0 Å². The summed E-state index contributed by atoms with van der Waals surface area (Å²) in [7, 11) is 0. The Morgan fingerprint density at radius 2 is 0.800 bits per heavy atom. The Labute approximate surface area is 160 Å². The molecule has 0 unspecified atom stereocenters. The molecule has 0 radical (unpaired) electrons. The zero-order valence-electron chi connectivity index (χ0n) is 18.6. The fourth-order valence-electron chi connectivity index (χ4n) is 3.20. The summed E-state index contributed by atoms with van der Waals surface area (Å²) in [5.74, 6) is 0. The van der Waals surface area contributed by atoms with Gasteiger partial charge in [0.2, 0.25) is 0 Å². The first-order chi connectivity index (χ1) is 14.5. The van der Waals surface area contributed by atoms with Gasteiger partial charge in [-0.2, -0.15) is 0 Å². The molecule has 0 aliphatic carbocycles. The first-order valence-corrected chi connectivity index (χ1v) is 13.2. The van der Waals surface area contributed by atoms with Gasteiger partial charge in [0.05, 0.1) is 0 Å². The maximum atomic E-state index is 8.82. The summed E-state index contributed by atoms with van der Waals surface area (Å²) < 4.78 is 45.9. The van der Waals surface area contributed by atoms with E-state index in [1.54, 1.807) is 0 Å². The molecule has 0 bridgehead atoms. The van der Waals surface area contributed by atoms with Crippen LogP contribution in [0.2, 0.25) is 0 Å². The zero-order chi connectivity index (χ0) is 21.3. The molecule has 0 spiro atoms. The summed E-state index contributed by atoms with van der Waals surface area (Å²) in [6.45, 7) is 0. The van der Waals surface area contributed by atoms with Gasteiger partial charge in [0.1, 0.15) is 0 Å². The van der Waals surface area contributed by atoms with Gasteiger partial charge in [0.25, 0.3) is 0 Å². The Bertz CT molecular complexity index is 1050. The molecular formula is C24H20Sb+. The van der Waals surface area contributed by atoms with Crippen LogP contribution in [0.4, 0.5) is 0 Å². The van der Waals surface area contributed by atoms with Crippen LogP contribution in [0, 0.1) is 0 Å². The second-order valence-corrected chi connectivity index (χ2v) is 15.2. The van der Waals surface area contributed by atoms with Crippen molar-refractivity contribution in [3.63, 3.8) is 0 Å². The van der Waals surface area contributed by atoms with Gasteiger partial charge >= 0.3 is 161 Å². The molecule has 0 saturated heterocycles. The Balaban J connectivity index is 2.27. The van der Waals surface area contributed by atoms with Crippen LogP contribution in [0.5, 0.6) is 0 Å². The molecule has 0 N–H and O–H groups in total. The number of benzene rings is 4. The third kappa shape index (κ3) is 2.92. The van der Waals surface area contributed by atoms with Crippen LogP contribution in [0.3, 0.4) is 0 Å². The second kappa shape index (κ2) is 7.29. The molecule has 0 heterocycles. The van der Waals surface area contributed by atoms with Crippen LogP contribution >= 0.6 is 0 Å². The van der Waals surface area contributed by atoms with Gasteiger partial charge in [-0.1, -0.05) is 0 Å². The van der Waals surface area contributed by atoms with Crippen LogP contribution in [0.15, 0.2) is 121 Å². The monoisotopic (exact) mass is 439 g/mol. The molecule has 0 aromatic heterocycles. The predicted octanol–water partition coefficient (Wildman–Crippen LogP) is 3.06. The van der Waals surface area contributed by atoms with Crippen LogP contribution in [0.1, 0.15) is 6.85 Å². The summed E-state index contributed by atoms with van der Waals surface area (Å²) in [4.78, 5) is 0. The minimum atomic E-state index is -4.10. The van der Waals surface area contributed by atoms with E-state index in [2.05, 4.69) is 0 Å². The van der Waals surface area contributed by atoms with Crippen molar-refractivity contribution in [1.29, 1.82) is 0 Å². The molecule has 25 heavy (non-hydrogen) atoms.